The molecule has 1 N–H and O–H groups in total. The molecule has 3 aromatic carbocycles. The van der Waals surface area contributed by atoms with E-state index in [1.54, 1.807) is 0 Å². The molecule has 0 spiro atoms. The van der Waals surface area contributed by atoms with Crippen LogP contribution in [0.1, 0.15) is 29.7 Å². The summed E-state index contributed by atoms with van der Waals surface area (Å²) in [5, 5.41) is 5.73. The van der Waals surface area contributed by atoms with Crippen LogP contribution >= 0.6 is 0 Å². The number of halogens is 4. The Labute approximate surface area is 189 Å². The van der Waals surface area contributed by atoms with Gasteiger partial charge in [-0.05, 0) is 41.0 Å². The minimum atomic E-state index is -4.79. The van der Waals surface area contributed by atoms with E-state index in [0.29, 0.717) is 6.54 Å². The molecule has 4 rings (SSSR count). The number of morpholine rings is 1. The molecule has 1 fully saturated rings. The minimum absolute atomic E-state index is 0.0252. The van der Waals surface area contributed by atoms with Crippen molar-refractivity contribution >= 4 is 16.7 Å². The number of carbonyl (C=O) groups is 1. The van der Waals surface area contributed by atoms with E-state index in [1.165, 1.54) is 11.0 Å². The van der Waals surface area contributed by atoms with Crippen molar-refractivity contribution in [1.82, 2.24) is 10.2 Å². The Balaban J connectivity index is 1.40. The van der Waals surface area contributed by atoms with Crippen LogP contribution in [-0.2, 0) is 22.3 Å². The second-order valence-corrected chi connectivity index (χ2v) is 8.22. The Bertz CT molecular complexity index is 1140. The second kappa shape index (κ2) is 9.49. The number of alkyl halides is 3. The predicted molar refractivity (Wildman–Crippen MR) is 117 cm³/mol. The number of ether oxygens (including phenoxy) is 1. The Morgan fingerprint density at radius 2 is 1.88 bits per heavy atom. The average molecular weight is 460 g/mol. The lowest BCUT2D eigenvalue weighted by atomic mass is 9.99. The second-order valence-electron chi connectivity index (χ2n) is 8.22. The van der Waals surface area contributed by atoms with Gasteiger partial charge in [0, 0.05) is 25.7 Å². The highest BCUT2D eigenvalue weighted by Gasteiger charge is 2.34. The van der Waals surface area contributed by atoms with Crippen molar-refractivity contribution in [1.29, 1.82) is 0 Å². The summed E-state index contributed by atoms with van der Waals surface area (Å²) >= 11 is 0. The molecule has 0 aliphatic carbocycles. The summed E-state index contributed by atoms with van der Waals surface area (Å²) in [7, 11) is 0. The Morgan fingerprint density at radius 1 is 1.12 bits per heavy atom. The van der Waals surface area contributed by atoms with Gasteiger partial charge in [-0.15, -0.1) is 0 Å². The third-order valence-electron chi connectivity index (χ3n) is 5.87. The number of hydrogen-bond donors (Lipinski definition) is 1. The quantitative estimate of drug-likeness (QED) is 0.522. The van der Waals surface area contributed by atoms with Gasteiger partial charge in [-0.2, -0.15) is 13.2 Å². The van der Waals surface area contributed by atoms with E-state index in [1.807, 2.05) is 25.1 Å². The number of fused-ring (bicyclic) bond motifs is 1. The van der Waals surface area contributed by atoms with E-state index < -0.39 is 17.6 Å². The molecule has 1 amide bonds. The molecule has 0 saturated carbocycles. The summed E-state index contributed by atoms with van der Waals surface area (Å²) in [6, 6.07) is 17.1. The number of rotatable bonds is 6. The van der Waals surface area contributed by atoms with Gasteiger partial charge in [0.2, 0.25) is 5.91 Å². The Morgan fingerprint density at radius 3 is 2.67 bits per heavy atom. The highest BCUT2D eigenvalue weighted by molar-refractivity contribution is 5.86. The molecule has 1 heterocycles. The number of nitrogens with zero attached hydrogens (tertiary/aromatic N) is 1. The summed E-state index contributed by atoms with van der Waals surface area (Å²) < 4.78 is 58.2. The average Bonchev–Trinajstić information content (AvgIpc) is 2.79. The maximum absolute atomic E-state index is 13.6. The van der Waals surface area contributed by atoms with Crippen LogP contribution in [0.15, 0.2) is 60.7 Å². The van der Waals surface area contributed by atoms with E-state index in [0.717, 1.165) is 28.5 Å². The van der Waals surface area contributed by atoms with Crippen molar-refractivity contribution in [3.63, 3.8) is 0 Å². The fraction of sp³-hybridized carbons (Fsp3) is 0.320. The molecule has 174 valence electrons. The summed E-state index contributed by atoms with van der Waals surface area (Å²) in [5.41, 5.74) is 0.0282. The lowest BCUT2D eigenvalue weighted by Gasteiger charge is -2.33. The van der Waals surface area contributed by atoms with Crippen LogP contribution in [0.3, 0.4) is 0 Å². The summed E-state index contributed by atoms with van der Waals surface area (Å²) in [4.78, 5) is 13.7. The van der Waals surface area contributed by atoms with Crippen LogP contribution in [0.5, 0.6) is 0 Å². The number of amides is 1. The van der Waals surface area contributed by atoms with Crippen molar-refractivity contribution in [2.45, 2.75) is 31.8 Å². The zero-order valence-corrected chi connectivity index (χ0v) is 18.0. The summed E-state index contributed by atoms with van der Waals surface area (Å²) in [5.74, 6) is -1.64. The first-order valence-electron chi connectivity index (χ1n) is 10.7. The molecule has 2 atom stereocenters. The molecule has 1 saturated heterocycles. The van der Waals surface area contributed by atoms with Crippen LogP contribution < -0.4 is 5.32 Å². The fourth-order valence-electron chi connectivity index (χ4n) is 4.11. The van der Waals surface area contributed by atoms with Gasteiger partial charge in [0.05, 0.1) is 11.7 Å². The first-order chi connectivity index (χ1) is 15.7. The van der Waals surface area contributed by atoms with Gasteiger partial charge >= 0.3 is 6.18 Å². The fourth-order valence-corrected chi connectivity index (χ4v) is 4.11. The highest BCUT2D eigenvalue weighted by atomic mass is 19.4. The molecule has 3 aromatic rings. The molecule has 2 unspecified atom stereocenters. The van der Waals surface area contributed by atoms with Gasteiger partial charge in [0.1, 0.15) is 12.4 Å². The van der Waals surface area contributed by atoms with Crippen molar-refractivity contribution in [3.8, 4) is 0 Å². The van der Waals surface area contributed by atoms with Gasteiger partial charge in [0.25, 0.3) is 0 Å². The highest BCUT2D eigenvalue weighted by Crippen LogP contribution is 2.32. The molecule has 0 aromatic heterocycles. The van der Waals surface area contributed by atoms with E-state index in [2.05, 4.69) is 29.6 Å². The molecule has 4 nitrogen and oxygen atoms in total. The molecular weight excluding hydrogens is 436 g/mol. The van der Waals surface area contributed by atoms with Crippen LogP contribution in [0, 0.1) is 5.82 Å². The lowest BCUT2D eigenvalue weighted by Crippen LogP contribution is -2.49. The van der Waals surface area contributed by atoms with E-state index >= 15 is 0 Å². The van der Waals surface area contributed by atoms with Crippen LogP contribution in [-0.4, -0.2) is 36.6 Å². The Hall–Kier alpha value is -2.97. The predicted octanol–water partition coefficient (Wildman–Crippen LogP) is 5.08. The normalized spacial score (nSPS) is 18.0. The molecule has 8 heteroatoms. The molecule has 1 aliphatic heterocycles. The smallest absolute Gasteiger partial charge is 0.365 e. The van der Waals surface area contributed by atoms with Gasteiger partial charge in [-0.1, -0.05) is 48.5 Å². The van der Waals surface area contributed by atoms with Crippen LogP contribution in [0.25, 0.3) is 10.8 Å². The van der Waals surface area contributed by atoms with Gasteiger partial charge < -0.3 is 15.0 Å². The van der Waals surface area contributed by atoms with Crippen molar-refractivity contribution in [3.05, 3.63) is 83.2 Å². The first-order valence-corrected chi connectivity index (χ1v) is 10.7. The summed E-state index contributed by atoms with van der Waals surface area (Å²) in [6.07, 6.45) is -5.11. The molecule has 33 heavy (non-hydrogen) atoms. The monoisotopic (exact) mass is 460 g/mol. The summed E-state index contributed by atoms with van der Waals surface area (Å²) in [6.45, 7) is 2.55. The zero-order valence-electron chi connectivity index (χ0n) is 18.0. The van der Waals surface area contributed by atoms with Gasteiger partial charge in [-0.3, -0.25) is 4.79 Å². The van der Waals surface area contributed by atoms with Crippen LogP contribution in [0.2, 0.25) is 0 Å². The van der Waals surface area contributed by atoms with E-state index in [9.17, 15) is 22.4 Å². The van der Waals surface area contributed by atoms with Gasteiger partial charge in [-0.25, -0.2) is 4.39 Å². The van der Waals surface area contributed by atoms with E-state index in [4.69, 9.17) is 4.74 Å². The van der Waals surface area contributed by atoms with Gasteiger partial charge in [0.15, 0.2) is 0 Å². The SMILES string of the molecule is CC(NCC1CN(Cc2ccc(F)c(C(F)(F)F)c2)C(=O)CO1)c1cccc2ccccc12. The third-order valence-corrected chi connectivity index (χ3v) is 5.87. The first kappa shape index (κ1) is 23.2. The third kappa shape index (κ3) is 5.34. The maximum atomic E-state index is 13.6. The standard InChI is InChI=1S/C25H24F4N2O2/c1-16(20-8-4-6-18-5-2-3-7-21(18)20)30-12-19-14-31(24(32)15-33-19)13-17-9-10-23(26)22(11-17)25(27,28)29/h2-11,16,19,30H,12-15H2,1H3. The van der Waals surface area contributed by atoms with Crippen molar-refractivity contribution < 1.29 is 27.1 Å². The number of benzene rings is 3. The van der Waals surface area contributed by atoms with Crippen LogP contribution in [0.4, 0.5) is 17.6 Å². The van der Waals surface area contributed by atoms with Crippen molar-refractivity contribution in [2.75, 3.05) is 19.7 Å². The number of hydrogen-bond acceptors (Lipinski definition) is 3. The van der Waals surface area contributed by atoms with E-state index in [-0.39, 0.29) is 43.3 Å². The zero-order chi connectivity index (χ0) is 23.6. The minimum Gasteiger partial charge on any atom is -0.365 e. The van der Waals surface area contributed by atoms with Crippen molar-refractivity contribution in [2.24, 2.45) is 0 Å². The number of carbonyl (C=O) groups excluding carboxylic acids is 1. The topological polar surface area (TPSA) is 41.6 Å². The number of nitrogens with one attached hydrogen (secondary N) is 1. The maximum Gasteiger partial charge on any atom is 0.419 e. The lowest BCUT2D eigenvalue weighted by molar-refractivity contribution is -0.149. The molecule has 0 bridgehead atoms. The largest absolute Gasteiger partial charge is 0.419 e. The molecular formula is C25H24F4N2O2. The molecule has 0 radical (unpaired) electrons. The Kier molecular flexibility index (Phi) is 6.67. The molecule has 1 aliphatic rings.